The molecule has 0 aliphatic rings. The normalized spacial score (nSPS) is 11.8. The zero-order chi connectivity index (χ0) is 7.33. The van der Waals surface area contributed by atoms with Gasteiger partial charge in [0.2, 0.25) is 0 Å². The molecular weight excluding hydrogens is 140 g/mol. The molecule has 0 spiro atoms. The van der Waals surface area contributed by atoms with Crippen LogP contribution in [0.15, 0.2) is 0 Å². The first-order valence-electron chi connectivity index (χ1n) is 2.91. The molecule has 0 heterocycles. The van der Waals surface area contributed by atoms with Gasteiger partial charge in [0, 0.05) is 5.75 Å². The highest BCUT2D eigenvalue weighted by Crippen LogP contribution is 1.91. The van der Waals surface area contributed by atoms with Crippen molar-refractivity contribution in [1.82, 2.24) is 0 Å². The average Bonchev–Trinajstić information content (AvgIpc) is 1.64. The van der Waals surface area contributed by atoms with Gasteiger partial charge in [-0.05, 0) is 6.42 Å². The number of hydrogen-bond acceptors (Lipinski definition) is 2. The van der Waals surface area contributed by atoms with E-state index in [0.717, 1.165) is 0 Å². The van der Waals surface area contributed by atoms with Crippen LogP contribution in [0.25, 0.3) is 0 Å². The van der Waals surface area contributed by atoms with Crippen molar-refractivity contribution in [1.29, 1.82) is 0 Å². The van der Waals surface area contributed by atoms with Crippen LogP contribution in [0.3, 0.4) is 0 Å². The number of sulfone groups is 1. The monoisotopic (exact) mass is 151 g/mol. The van der Waals surface area contributed by atoms with Crippen LogP contribution in [-0.2, 0) is 14.9 Å². The minimum absolute atomic E-state index is 0.148. The molecule has 0 amide bonds. The van der Waals surface area contributed by atoms with E-state index >= 15 is 0 Å². The van der Waals surface area contributed by atoms with E-state index in [2.05, 4.69) is 0 Å². The largest absolute Gasteiger partial charge is 0.236 e. The van der Waals surface area contributed by atoms with Crippen LogP contribution in [-0.4, -0.2) is 26.5 Å². The Balaban J connectivity index is 3.73. The lowest BCUT2D eigenvalue weighted by molar-refractivity contribution is 0.213. The summed E-state index contributed by atoms with van der Waals surface area (Å²) in [5, 5.41) is 9.84. The van der Waals surface area contributed by atoms with Gasteiger partial charge in [-0.3, -0.25) is 0 Å². The van der Waals surface area contributed by atoms with Crippen LogP contribution in [0.5, 0.6) is 0 Å². The standard InChI is InChI=1S/C5H11O3S/c1-2-4-9(7,8)5-3-6/h2-5H2,1H3. The molecule has 0 saturated carbocycles. The van der Waals surface area contributed by atoms with E-state index in [0.29, 0.717) is 6.42 Å². The van der Waals surface area contributed by atoms with Crippen molar-refractivity contribution in [2.24, 2.45) is 0 Å². The Kier molecular flexibility index (Phi) is 3.81. The Morgan fingerprint density at radius 3 is 2.11 bits per heavy atom. The van der Waals surface area contributed by atoms with Gasteiger partial charge < -0.3 is 0 Å². The van der Waals surface area contributed by atoms with Gasteiger partial charge in [-0.2, -0.15) is 0 Å². The smallest absolute Gasteiger partial charge is 0.152 e. The van der Waals surface area contributed by atoms with Crippen molar-refractivity contribution in [3.05, 3.63) is 0 Å². The van der Waals surface area contributed by atoms with E-state index in [1.165, 1.54) is 0 Å². The minimum atomic E-state index is -2.99. The highest BCUT2D eigenvalue weighted by atomic mass is 32.2. The molecule has 0 aliphatic heterocycles. The topological polar surface area (TPSA) is 54.0 Å². The average molecular weight is 151 g/mol. The van der Waals surface area contributed by atoms with Gasteiger partial charge in [-0.25, -0.2) is 13.5 Å². The maximum Gasteiger partial charge on any atom is 0.152 e. The zero-order valence-corrected chi connectivity index (χ0v) is 6.28. The van der Waals surface area contributed by atoms with E-state index < -0.39 is 16.4 Å². The molecule has 4 heteroatoms. The molecule has 0 aromatic heterocycles. The van der Waals surface area contributed by atoms with Crippen molar-refractivity contribution < 1.29 is 13.5 Å². The molecule has 0 saturated heterocycles. The summed E-state index contributed by atoms with van der Waals surface area (Å²) < 4.78 is 21.3. The van der Waals surface area contributed by atoms with Gasteiger partial charge in [0.15, 0.2) is 9.84 Å². The SMILES string of the molecule is CCCS(=O)(=O)CC[O]. The third-order valence-corrected chi connectivity index (χ3v) is 2.73. The predicted octanol–water partition coefficient (Wildman–Crippen LogP) is 0.242. The van der Waals surface area contributed by atoms with Gasteiger partial charge in [0.25, 0.3) is 0 Å². The van der Waals surface area contributed by atoms with E-state index in [-0.39, 0.29) is 11.5 Å². The van der Waals surface area contributed by atoms with Gasteiger partial charge >= 0.3 is 0 Å². The van der Waals surface area contributed by atoms with Crippen molar-refractivity contribution in [2.45, 2.75) is 13.3 Å². The maximum atomic E-state index is 10.6. The van der Waals surface area contributed by atoms with Crippen LogP contribution >= 0.6 is 0 Å². The van der Waals surface area contributed by atoms with Crippen molar-refractivity contribution in [3.63, 3.8) is 0 Å². The molecule has 0 aliphatic carbocycles. The molecule has 55 valence electrons. The van der Waals surface area contributed by atoms with E-state index in [9.17, 15) is 13.5 Å². The molecule has 0 aromatic carbocycles. The third-order valence-electron chi connectivity index (χ3n) is 0.909. The van der Waals surface area contributed by atoms with Crippen LogP contribution in [0.2, 0.25) is 0 Å². The van der Waals surface area contributed by atoms with Crippen LogP contribution < -0.4 is 0 Å². The summed E-state index contributed by atoms with van der Waals surface area (Å²) >= 11 is 0. The summed E-state index contributed by atoms with van der Waals surface area (Å²) in [5.74, 6) is -0.0594. The first-order chi connectivity index (χ1) is 4.12. The lowest BCUT2D eigenvalue weighted by Gasteiger charge is -1.95. The third kappa shape index (κ3) is 4.42. The molecular formula is C5H11O3S. The first-order valence-corrected chi connectivity index (χ1v) is 4.73. The molecule has 3 nitrogen and oxygen atoms in total. The summed E-state index contributed by atoms with van der Waals surface area (Å²) in [4.78, 5) is 0. The first kappa shape index (κ1) is 8.91. The lowest BCUT2D eigenvalue weighted by atomic mass is 10.6. The molecule has 0 aromatic rings. The van der Waals surface area contributed by atoms with Crippen LogP contribution in [0, 0.1) is 0 Å². The second-order valence-electron chi connectivity index (χ2n) is 1.86. The van der Waals surface area contributed by atoms with Crippen molar-refractivity contribution in [3.8, 4) is 0 Å². The Morgan fingerprint density at radius 2 is 1.78 bits per heavy atom. The summed E-state index contributed by atoms with van der Waals surface area (Å²) in [6.07, 6.45) is 0.600. The highest BCUT2D eigenvalue weighted by Gasteiger charge is 2.06. The minimum Gasteiger partial charge on any atom is -0.236 e. The molecule has 0 N–H and O–H groups in total. The quantitative estimate of drug-likeness (QED) is 0.578. The molecule has 0 unspecified atom stereocenters. The fourth-order valence-electron chi connectivity index (χ4n) is 0.540. The van der Waals surface area contributed by atoms with E-state index in [1.54, 1.807) is 6.92 Å². The summed E-state index contributed by atoms with van der Waals surface area (Å²) in [6, 6.07) is 0. The summed E-state index contributed by atoms with van der Waals surface area (Å²) in [5.41, 5.74) is 0. The second-order valence-corrected chi connectivity index (χ2v) is 4.16. The second kappa shape index (κ2) is 3.85. The van der Waals surface area contributed by atoms with E-state index in [4.69, 9.17) is 0 Å². The van der Waals surface area contributed by atoms with Crippen molar-refractivity contribution >= 4 is 9.84 Å². The zero-order valence-electron chi connectivity index (χ0n) is 5.46. The van der Waals surface area contributed by atoms with Crippen LogP contribution in [0.1, 0.15) is 13.3 Å². The maximum absolute atomic E-state index is 10.6. The lowest BCUT2D eigenvalue weighted by Crippen LogP contribution is -2.12. The van der Waals surface area contributed by atoms with Gasteiger partial charge in [0.05, 0.1) is 12.4 Å². The van der Waals surface area contributed by atoms with Crippen molar-refractivity contribution in [2.75, 3.05) is 18.1 Å². The number of rotatable bonds is 4. The summed E-state index contributed by atoms with van der Waals surface area (Å²) in [7, 11) is -2.99. The van der Waals surface area contributed by atoms with Gasteiger partial charge in [0.1, 0.15) is 0 Å². The molecule has 0 atom stereocenters. The number of hydrogen-bond donors (Lipinski definition) is 0. The Labute approximate surface area is 55.6 Å². The molecule has 0 fully saturated rings. The highest BCUT2D eigenvalue weighted by molar-refractivity contribution is 7.91. The molecule has 0 bridgehead atoms. The van der Waals surface area contributed by atoms with Gasteiger partial charge in [-0.1, -0.05) is 6.92 Å². The fourth-order valence-corrected chi connectivity index (χ4v) is 1.62. The molecule has 9 heavy (non-hydrogen) atoms. The Bertz CT molecular complexity index is 136. The Hall–Kier alpha value is -0.0900. The molecule has 0 rings (SSSR count). The van der Waals surface area contributed by atoms with E-state index in [1.807, 2.05) is 0 Å². The Morgan fingerprint density at radius 1 is 1.22 bits per heavy atom. The molecule has 1 radical (unpaired) electrons. The van der Waals surface area contributed by atoms with Crippen LogP contribution in [0.4, 0.5) is 0 Å². The predicted molar refractivity (Wildman–Crippen MR) is 34.5 cm³/mol. The van der Waals surface area contributed by atoms with Gasteiger partial charge in [-0.15, -0.1) is 0 Å². The summed E-state index contributed by atoms with van der Waals surface area (Å²) in [6.45, 7) is 1.27. The fraction of sp³-hybridized carbons (Fsp3) is 1.00.